The largest absolute Gasteiger partial charge is 0.0622 e. The summed E-state index contributed by atoms with van der Waals surface area (Å²) < 4.78 is 0. The molecule has 0 aliphatic heterocycles. The Morgan fingerprint density at radius 2 is 0.909 bits per heavy atom. The van der Waals surface area contributed by atoms with Crippen LogP contribution in [0.15, 0.2) is 84.9 Å². The second-order valence-corrected chi connectivity index (χ2v) is 5.47. The van der Waals surface area contributed by atoms with Gasteiger partial charge in [-0.1, -0.05) is 97.1 Å². The maximum atomic E-state index is 2.23. The summed E-state index contributed by atoms with van der Waals surface area (Å²) in [7, 11) is 0. The smallest absolute Gasteiger partial charge is 0.0238 e. The summed E-state index contributed by atoms with van der Waals surface area (Å²) in [4.78, 5) is 0. The maximum Gasteiger partial charge on any atom is -0.0238 e. The van der Waals surface area contributed by atoms with Crippen molar-refractivity contribution in [2.45, 2.75) is 12.8 Å². The number of benzene rings is 3. The van der Waals surface area contributed by atoms with Crippen LogP contribution in [0.25, 0.3) is 12.2 Å². The molecule has 3 aromatic carbocycles. The lowest BCUT2D eigenvalue weighted by Crippen LogP contribution is -1.90. The van der Waals surface area contributed by atoms with Crippen LogP contribution in [0.1, 0.15) is 22.3 Å². The summed E-state index contributed by atoms with van der Waals surface area (Å²) in [5, 5.41) is 0. The molecule has 3 aromatic rings. The Bertz CT molecular complexity index is 707. The van der Waals surface area contributed by atoms with Crippen molar-refractivity contribution in [2.75, 3.05) is 0 Å². The molecule has 0 aromatic heterocycles. The first-order valence-corrected chi connectivity index (χ1v) is 7.76. The van der Waals surface area contributed by atoms with Gasteiger partial charge in [-0.25, -0.2) is 0 Å². The van der Waals surface area contributed by atoms with E-state index in [2.05, 4.69) is 91.0 Å². The highest BCUT2D eigenvalue weighted by Crippen LogP contribution is 2.12. The van der Waals surface area contributed by atoms with Gasteiger partial charge in [0.15, 0.2) is 0 Å². The van der Waals surface area contributed by atoms with Gasteiger partial charge in [0.1, 0.15) is 0 Å². The van der Waals surface area contributed by atoms with Crippen LogP contribution in [-0.4, -0.2) is 0 Å². The first-order chi connectivity index (χ1) is 10.9. The van der Waals surface area contributed by atoms with Crippen molar-refractivity contribution in [3.8, 4) is 0 Å². The second-order valence-electron chi connectivity index (χ2n) is 5.47. The van der Waals surface area contributed by atoms with Gasteiger partial charge in [0.05, 0.1) is 0 Å². The van der Waals surface area contributed by atoms with Gasteiger partial charge in [0, 0.05) is 0 Å². The molecule has 0 spiro atoms. The lowest BCUT2D eigenvalue weighted by atomic mass is 10.0. The van der Waals surface area contributed by atoms with Crippen LogP contribution in [0.4, 0.5) is 0 Å². The number of hydrogen-bond donors (Lipinski definition) is 0. The van der Waals surface area contributed by atoms with E-state index in [0.29, 0.717) is 0 Å². The SMILES string of the molecule is C(=Cc1ccc(CCc2ccccc2)cc1)c1ccccc1. The lowest BCUT2D eigenvalue weighted by Gasteiger charge is -2.03. The van der Waals surface area contributed by atoms with Gasteiger partial charge in [-0.3, -0.25) is 0 Å². The highest BCUT2D eigenvalue weighted by Gasteiger charge is 1.95. The van der Waals surface area contributed by atoms with Gasteiger partial charge in [0.25, 0.3) is 0 Å². The molecule has 0 N–H and O–H groups in total. The molecule has 0 radical (unpaired) electrons. The fourth-order valence-corrected chi connectivity index (χ4v) is 2.49. The third-order valence-electron chi connectivity index (χ3n) is 3.79. The summed E-state index contributed by atoms with van der Waals surface area (Å²) >= 11 is 0. The third-order valence-corrected chi connectivity index (χ3v) is 3.79. The molecule has 0 bridgehead atoms. The highest BCUT2D eigenvalue weighted by atomic mass is 14.0. The Morgan fingerprint density at radius 3 is 1.50 bits per heavy atom. The number of aryl methyl sites for hydroxylation is 2. The van der Waals surface area contributed by atoms with E-state index in [9.17, 15) is 0 Å². The van der Waals surface area contributed by atoms with Crippen molar-refractivity contribution in [3.05, 3.63) is 107 Å². The minimum atomic E-state index is 1.09. The molecule has 3 rings (SSSR count). The van der Waals surface area contributed by atoms with Crippen molar-refractivity contribution in [1.82, 2.24) is 0 Å². The summed E-state index contributed by atoms with van der Waals surface area (Å²) in [6.45, 7) is 0. The molecule has 0 unspecified atom stereocenters. The maximum absolute atomic E-state index is 2.23. The van der Waals surface area contributed by atoms with Gasteiger partial charge in [-0.05, 0) is 35.1 Å². The Balaban J connectivity index is 1.59. The number of rotatable bonds is 5. The van der Waals surface area contributed by atoms with E-state index in [1.807, 2.05) is 6.07 Å². The molecule has 0 saturated heterocycles. The molecule has 0 nitrogen and oxygen atoms in total. The highest BCUT2D eigenvalue weighted by molar-refractivity contribution is 5.69. The average molecular weight is 284 g/mol. The van der Waals surface area contributed by atoms with E-state index in [0.717, 1.165) is 12.8 Å². The molecule has 0 aliphatic carbocycles. The average Bonchev–Trinajstić information content (AvgIpc) is 2.61. The van der Waals surface area contributed by atoms with Crippen molar-refractivity contribution in [1.29, 1.82) is 0 Å². The summed E-state index contributed by atoms with van der Waals surface area (Å²) in [5.74, 6) is 0. The van der Waals surface area contributed by atoms with E-state index in [-0.39, 0.29) is 0 Å². The molecule has 0 heterocycles. The van der Waals surface area contributed by atoms with Gasteiger partial charge in [-0.15, -0.1) is 0 Å². The van der Waals surface area contributed by atoms with Crippen LogP contribution >= 0.6 is 0 Å². The van der Waals surface area contributed by atoms with E-state index in [4.69, 9.17) is 0 Å². The number of hydrogen-bond acceptors (Lipinski definition) is 0. The van der Waals surface area contributed by atoms with Crippen molar-refractivity contribution < 1.29 is 0 Å². The Morgan fingerprint density at radius 1 is 0.455 bits per heavy atom. The fourth-order valence-electron chi connectivity index (χ4n) is 2.49. The van der Waals surface area contributed by atoms with Crippen LogP contribution in [0.3, 0.4) is 0 Å². The van der Waals surface area contributed by atoms with Crippen molar-refractivity contribution >= 4 is 12.2 Å². The third kappa shape index (κ3) is 4.20. The Kier molecular flexibility index (Phi) is 4.84. The van der Waals surface area contributed by atoms with E-state index in [1.54, 1.807) is 0 Å². The van der Waals surface area contributed by atoms with E-state index in [1.165, 1.54) is 22.3 Å². The fraction of sp³-hybridized carbons (Fsp3) is 0.0909. The van der Waals surface area contributed by atoms with Gasteiger partial charge in [0.2, 0.25) is 0 Å². The molecule has 108 valence electrons. The molecule has 0 heteroatoms. The van der Waals surface area contributed by atoms with Gasteiger partial charge < -0.3 is 0 Å². The zero-order chi connectivity index (χ0) is 15.0. The monoisotopic (exact) mass is 284 g/mol. The van der Waals surface area contributed by atoms with Gasteiger partial charge in [-0.2, -0.15) is 0 Å². The summed E-state index contributed by atoms with van der Waals surface area (Å²) in [6.07, 6.45) is 6.50. The predicted molar refractivity (Wildman–Crippen MR) is 95.7 cm³/mol. The normalized spacial score (nSPS) is 10.9. The lowest BCUT2D eigenvalue weighted by molar-refractivity contribution is 0.960. The molecule has 0 atom stereocenters. The minimum Gasteiger partial charge on any atom is -0.0622 e. The topological polar surface area (TPSA) is 0 Å². The van der Waals surface area contributed by atoms with Crippen LogP contribution < -0.4 is 0 Å². The first-order valence-electron chi connectivity index (χ1n) is 7.76. The molecule has 0 fully saturated rings. The summed E-state index contributed by atoms with van der Waals surface area (Å²) in [6, 6.07) is 29.9. The van der Waals surface area contributed by atoms with Crippen LogP contribution in [-0.2, 0) is 12.8 Å². The molecular formula is C22H20. The van der Waals surface area contributed by atoms with Crippen LogP contribution in [0, 0.1) is 0 Å². The Hall–Kier alpha value is -2.60. The Labute approximate surface area is 132 Å². The van der Waals surface area contributed by atoms with Crippen molar-refractivity contribution in [3.63, 3.8) is 0 Å². The standard InChI is InChI=1S/C22H20/c1-3-7-19(8-4-1)11-13-21-15-17-22(18-16-21)14-12-20-9-5-2-6-10-20/h1-11,13,15-18H,12,14H2. The van der Waals surface area contributed by atoms with E-state index >= 15 is 0 Å². The molecule has 0 saturated carbocycles. The second kappa shape index (κ2) is 7.42. The predicted octanol–water partition coefficient (Wildman–Crippen LogP) is 5.64. The van der Waals surface area contributed by atoms with E-state index < -0.39 is 0 Å². The molecular weight excluding hydrogens is 264 g/mol. The van der Waals surface area contributed by atoms with Crippen LogP contribution in [0.5, 0.6) is 0 Å². The zero-order valence-electron chi connectivity index (χ0n) is 12.7. The van der Waals surface area contributed by atoms with Gasteiger partial charge >= 0.3 is 0 Å². The minimum absolute atomic E-state index is 1.09. The zero-order valence-corrected chi connectivity index (χ0v) is 12.7. The van der Waals surface area contributed by atoms with Crippen molar-refractivity contribution in [2.24, 2.45) is 0 Å². The molecule has 0 amide bonds. The quantitative estimate of drug-likeness (QED) is 0.532. The molecule has 0 aliphatic rings. The molecule has 22 heavy (non-hydrogen) atoms. The van der Waals surface area contributed by atoms with Crippen LogP contribution in [0.2, 0.25) is 0 Å². The summed E-state index contributed by atoms with van der Waals surface area (Å²) in [5.41, 5.74) is 5.26. The first kappa shape index (κ1) is 14.3.